The third-order valence-electron chi connectivity index (χ3n) is 3.94. The molecule has 0 spiro atoms. The van der Waals surface area contributed by atoms with Crippen molar-refractivity contribution in [1.29, 1.82) is 0 Å². The number of amides is 1. The lowest BCUT2D eigenvalue weighted by atomic mass is 10.1. The monoisotopic (exact) mass is 406 g/mol. The van der Waals surface area contributed by atoms with Crippen LogP contribution in [0.3, 0.4) is 0 Å². The Morgan fingerprint density at radius 2 is 1.64 bits per heavy atom. The van der Waals surface area contributed by atoms with E-state index in [0.29, 0.717) is 11.4 Å². The van der Waals surface area contributed by atoms with Crippen molar-refractivity contribution in [2.24, 2.45) is 0 Å². The number of nitrogens with one attached hydrogen (secondary N) is 1. The maximum absolute atomic E-state index is 12.2. The van der Waals surface area contributed by atoms with Crippen LogP contribution in [0.25, 0.3) is 0 Å². The van der Waals surface area contributed by atoms with E-state index in [1.165, 1.54) is 7.11 Å². The molecule has 0 radical (unpaired) electrons. The van der Waals surface area contributed by atoms with Crippen molar-refractivity contribution in [2.75, 3.05) is 37.4 Å². The third-order valence-corrected chi connectivity index (χ3v) is 5.08. The van der Waals surface area contributed by atoms with Crippen LogP contribution in [-0.4, -0.2) is 47.4 Å². The molecule has 0 aliphatic heterocycles. The largest absolute Gasteiger partial charge is 0.497 e. The highest BCUT2D eigenvalue weighted by Crippen LogP contribution is 2.21. The van der Waals surface area contributed by atoms with Crippen molar-refractivity contribution >= 4 is 21.6 Å². The number of methoxy groups -OCH3 is 1. The summed E-state index contributed by atoms with van der Waals surface area (Å²) >= 11 is 0. The standard InChI is InChI=1S/C20H26N2O5S/c1-15-11-16(2)13-19(12-15)27-10-9-21-20(23)14-22(28(4,24)25)17-5-7-18(26-3)8-6-17/h5-8,11-13H,9-10,14H2,1-4H3,(H,21,23). The Balaban J connectivity index is 1.91. The maximum atomic E-state index is 12.2. The lowest BCUT2D eigenvalue weighted by Gasteiger charge is -2.22. The van der Waals surface area contributed by atoms with E-state index in [1.807, 2.05) is 32.0 Å². The number of ether oxygens (including phenoxy) is 2. The minimum Gasteiger partial charge on any atom is -0.497 e. The fourth-order valence-electron chi connectivity index (χ4n) is 2.71. The van der Waals surface area contributed by atoms with Gasteiger partial charge in [-0.05, 0) is 61.4 Å². The third kappa shape index (κ3) is 6.45. The van der Waals surface area contributed by atoms with Crippen molar-refractivity contribution in [2.45, 2.75) is 13.8 Å². The van der Waals surface area contributed by atoms with E-state index < -0.39 is 15.9 Å². The lowest BCUT2D eigenvalue weighted by Crippen LogP contribution is -2.41. The number of anilines is 1. The number of rotatable bonds is 9. The quantitative estimate of drug-likeness (QED) is 0.646. The topological polar surface area (TPSA) is 84.9 Å². The second kappa shape index (κ2) is 9.45. The fourth-order valence-corrected chi connectivity index (χ4v) is 3.57. The second-order valence-electron chi connectivity index (χ2n) is 6.49. The average molecular weight is 407 g/mol. The molecule has 28 heavy (non-hydrogen) atoms. The molecular formula is C20H26N2O5S. The van der Waals surface area contributed by atoms with Crippen LogP contribution >= 0.6 is 0 Å². The zero-order valence-corrected chi connectivity index (χ0v) is 17.4. The van der Waals surface area contributed by atoms with Crippen LogP contribution in [-0.2, 0) is 14.8 Å². The predicted octanol–water partition coefficient (Wildman–Crippen LogP) is 2.27. The smallest absolute Gasteiger partial charge is 0.240 e. The number of aryl methyl sites for hydroxylation is 2. The summed E-state index contributed by atoms with van der Waals surface area (Å²) in [4.78, 5) is 12.2. The minimum absolute atomic E-state index is 0.270. The SMILES string of the molecule is COc1ccc(N(CC(=O)NCCOc2cc(C)cc(C)c2)S(C)(=O)=O)cc1. The van der Waals surface area contributed by atoms with Crippen LogP contribution in [0.1, 0.15) is 11.1 Å². The highest BCUT2D eigenvalue weighted by Gasteiger charge is 2.20. The molecule has 0 aliphatic carbocycles. The van der Waals surface area contributed by atoms with Gasteiger partial charge in [0.25, 0.3) is 0 Å². The Bertz CT molecular complexity index is 890. The highest BCUT2D eigenvalue weighted by molar-refractivity contribution is 7.92. The van der Waals surface area contributed by atoms with Gasteiger partial charge in [0.15, 0.2) is 0 Å². The van der Waals surface area contributed by atoms with Crippen LogP contribution in [0, 0.1) is 13.8 Å². The molecule has 7 nitrogen and oxygen atoms in total. The van der Waals surface area contributed by atoms with Crippen molar-refractivity contribution < 1.29 is 22.7 Å². The zero-order valence-electron chi connectivity index (χ0n) is 16.6. The van der Waals surface area contributed by atoms with Gasteiger partial charge in [0, 0.05) is 0 Å². The number of nitrogens with zero attached hydrogens (tertiary/aromatic N) is 1. The maximum Gasteiger partial charge on any atom is 0.240 e. The summed E-state index contributed by atoms with van der Waals surface area (Å²) in [5, 5.41) is 2.68. The Labute approximate surface area is 166 Å². The van der Waals surface area contributed by atoms with Gasteiger partial charge in [-0.2, -0.15) is 0 Å². The van der Waals surface area contributed by atoms with E-state index >= 15 is 0 Å². The molecule has 0 fully saturated rings. The van der Waals surface area contributed by atoms with Gasteiger partial charge in [-0.15, -0.1) is 0 Å². The minimum atomic E-state index is -3.62. The predicted molar refractivity (Wildman–Crippen MR) is 110 cm³/mol. The van der Waals surface area contributed by atoms with Crippen molar-refractivity contribution in [1.82, 2.24) is 5.32 Å². The molecule has 152 valence electrons. The highest BCUT2D eigenvalue weighted by atomic mass is 32.2. The first-order valence-electron chi connectivity index (χ1n) is 8.78. The zero-order chi connectivity index (χ0) is 20.7. The normalized spacial score (nSPS) is 11.0. The van der Waals surface area contributed by atoms with E-state index in [9.17, 15) is 13.2 Å². The Kier molecular flexibility index (Phi) is 7.28. The first kappa shape index (κ1) is 21.6. The van der Waals surface area contributed by atoms with E-state index in [-0.39, 0.29) is 19.7 Å². The van der Waals surface area contributed by atoms with E-state index in [1.54, 1.807) is 24.3 Å². The molecule has 2 rings (SSSR count). The molecule has 1 N–H and O–H groups in total. The number of sulfonamides is 1. The summed E-state index contributed by atoms with van der Waals surface area (Å²) in [6.07, 6.45) is 1.06. The first-order valence-corrected chi connectivity index (χ1v) is 10.6. The van der Waals surface area contributed by atoms with Crippen LogP contribution in [0.5, 0.6) is 11.5 Å². The Hall–Kier alpha value is -2.74. The molecule has 8 heteroatoms. The molecule has 0 saturated carbocycles. The summed E-state index contributed by atoms with van der Waals surface area (Å²) < 4.78 is 35.9. The summed E-state index contributed by atoms with van der Waals surface area (Å²) in [7, 11) is -2.09. The summed E-state index contributed by atoms with van der Waals surface area (Å²) in [5.41, 5.74) is 2.59. The molecule has 2 aromatic rings. The average Bonchev–Trinajstić information content (AvgIpc) is 2.62. The Morgan fingerprint density at radius 1 is 1.04 bits per heavy atom. The van der Waals surface area contributed by atoms with E-state index in [4.69, 9.17) is 9.47 Å². The molecule has 1 amide bonds. The van der Waals surface area contributed by atoms with Crippen LogP contribution in [0.4, 0.5) is 5.69 Å². The number of benzene rings is 2. The molecule has 0 bridgehead atoms. The van der Waals surface area contributed by atoms with Gasteiger partial charge >= 0.3 is 0 Å². The number of hydrogen-bond acceptors (Lipinski definition) is 5. The molecule has 2 aromatic carbocycles. The van der Waals surface area contributed by atoms with E-state index in [0.717, 1.165) is 27.4 Å². The molecular weight excluding hydrogens is 380 g/mol. The lowest BCUT2D eigenvalue weighted by molar-refractivity contribution is -0.119. The van der Waals surface area contributed by atoms with Crippen molar-refractivity contribution in [3.8, 4) is 11.5 Å². The number of carbonyl (C=O) groups is 1. The fraction of sp³-hybridized carbons (Fsp3) is 0.350. The summed E-state index contributed by atoms with van der Waals surface area (Å²) in [6, 6.07) is 12.4. The van der Waals surface area contributed by atoms with Gasteiger partial charge in [-0.3, -0.25) is 9.10 Å². The Morgan fingerprint density at radius 3 is 2.18 bits per heavy atom. The first-order chi connectivity index (χ1) is 13.2. The molecule has 0 aliphatic rings. The van der Waals surface area contributed by atoms with Gasteiger partial charge in [0.05, 0.1) is 25.6 Å². The summed E-state index contributed by atoms with van der Waals surface area (Å²) in [5.74, 6) is 0.929. The van der Waals surface area contributed by atoms with Gasteiger partial charge in [-0.1, -0.05) is 6.07 Å². The molecule has 0 atom stereocenters. The summed E-state index contributed by atoms with van der Waals surface area (Å²) in [6.45, 7) is 4.22. The van der Waals surface area contributed by atoms with Gasteiger partial charge in [0.2, 0.25) is 15.9 Å². The molecule has 0 saturated heterocycles. The van der Waals surface area contributed by atoms with Gasteiger partial charge in [0.1, 0.15) is 24.7 Å². The van der Waals surface area contributed by atoms with Crippen LogP contribution in [0.15, 0.2) is 42.5 Å². The van der Waals surface area contributed by atoms with Crippen molar-refractivity contribution in [3.05, 3.63) is 53.6 Å². The molecule has 0 unspecified atom stereocenters. The van der Waals surface area contributed by atoms with Gasteiger partial charge < -0.3 is 14.8 Å². The number of carbonyl (C=O) groups excluding carboxylic acids is 1. The van der Waals surface area contributed by atoms with Crippen LogP contribution in [0.2, 0.25) is 0 Å². The van der Waals surface area contributed by atoms with Gasteiger partial charge in [-0.25, -0.2) is 8.42 Å². The van der Waals surface area contributed by atoms with Crippen molar-refractivity contribution in [3.63, 3.8) is 0 Å². The van der Waals surface area contributed by atoms with E-state index in [2.05, 4.69) is 5.32 Å². The second-order valence-corrected chi connectivity index (χ2v) is 8.40. The molecule has 0 heterocycles. The van der Waals surface area contributed by atoms with Crippen LogP contribution < -0.4 is 19.1 Å². The number of hydrogen-bond donors (Lipinski definition) is 1. The molecule has 0 aromatic heterocycles.